The highest BCUT2D eigenvalue weighted by molar-refractivity contribution is 5.98. The Bertz CT molecular complexity index is 670. The smallest absolute Gasteiger partial charge is 0.0506 e. The molecule has 1 aromatic heterocycles. The van der Waals surface area contributed by atoms with Crippen molar-refractivity contribution in [3.05, 3.63) is 41.6 Å². The highest BCUT2D eigenvalue weighted by Gasteiger charge is 2.33. The molecule has 0 radical (unpaired) electrons. The minimum Gasteiger partial charge on any atom is -0.396 e. The van der Waals surface area contributed by atoms with Crippen LogP contribution in [0, 0.1) is 5.92 Å². The van der Waals surface area contributed by atoms with Crippen LogP contribution in [0.4, 0.5) is 0 Å². The molecule has 0 amide bonds. The maximum Gasteiger partial charge on any atom is 0.0506 e. The highest BCUT2D eigenvalue weighted by Crippen LogP contribution is 2.40. The fourth-order valence-corrected chi connectivity index (χ4v) is 3.66. The van der Waals surface area contributed by atoms with Crippen LogP contribution in [0.2, 0.25) is 0 Å². The van der Waals surface area contributed by atoms with Gasteiger partial charge < -0.3 is 10.1 Å². The zero-order valence-corrected chi connectivity index (χ0v) is 11.1. The number of nitrogens with zero attached hydrogens (tertiary/aromatic N) is 1. The van der Waals surface area contributed by atoms with Crippen molar-refractivity contribution in [2.24, 2.45) is 5.92 Å². The van der Waals surface area contributed by atoms with Gasteiger partial charge >= 0.3 is 0 Å². The van der Waals surface area contributed by atoms with Crippen LogP contribution in [0.15, 0.2) is 30.5 Å². The summed E-state index contributed by atoms with van der Waals surface area (Å²) in [5.41, 5.74) is 5.38. The monoisotopic (exact) mass is 254 g/mol. The minimum absolute atomic E-state index is 0.233. The van der Waals surface area contributed by atoms with E-state index in [0.29, 0.717) is 6.04 Å². The topological polar surface area (TPSA) is 39.3 Å². The third kappa shape index (κ3) is 1.52. The van der Waals surface area contributed by atoms with Crippen LogP contribution >= 0.6 is 0 Å². The Morgan fingerprint density at radius 3 is 3.16 bits per heavy atom. The lowest BCUT2D eigenvalue weighted by Crippen LogP contribution is -2.43. The average Bonchev–Trinajstić information content (AvgIpc) is 2.85. The van der Waals surface area contributed by atoms with E-state index in [0.717, 1.165) is 13.0 Å². The molecule has 1 aromatic carbocycles. The van der Waals surface area contributed by atoms with Crippen molar-refractivity contribution in [3.63, 3.8) is 0 Å². The van der Waals surface area contributed by atoms with Crippen molar-refractivity contribution in [1.82, 2.24) is 9.88 Å². The Balaban J connectivity index is 1.97. The summed E-state index contributed by atoms with van der Waals surface area (Å²) in [6.07, 6.45) is 5.50. The second-order valence-corrected chi connectivity index (χ2v) is 5.77. The van der Waals surface area contributed by atoms with Crippen LogP contribution in [-0.4, -0.2) is 41.2 Å². The summed E-state index contributed by atoms with van der Waals surface area (Å²) in [6.45, 7) is 1.18. The van der Waals surface area contributed by atoms with Crippen molar-refractivity contribution >= 4 is 16.5 Å². The number of benzene rings is 1. The molecular formula is C16H18N2O. The number of H-pyrrole nitrogens is 1. The zero-order valence-electron chi connectivity index (χ0n) is 11.1. The molecular weight excluding hydrogens is 236 g/mol. The van der Waals surface area contributed by atoms with Crippen molar-refractivity contribution < 1.29 is 5.11 Å². The fourth-order valence-electron chi connectivity index (χ4n) is 3.66. The van der Waals surface area contributed by atoms with E-state index in [-0.39, 0.29) is 12.5 Å². The van der Waals surface area contributed by atoms with Crippen molar-refractivity contribution in [2.45, 2.75) is 12.5 Å². The quantitative estimate of drug-likeness (QED) is 0.817. The van der Waals surface area contributed by atoms with E-state index in [4.69, 9.17) is 0 Å². The molecule has 0 saturated carbocycles. The van der Waals surface area contributed by atoms with E-state index in [1.807, 2.05) is 0 Å². The first-order valence-electron chi connectivity index (χ1n) is 6.90. The predicted molar refractivity (Wildman–Crippen MR) is 77.0 cm³/mol. The lowest BCUT2D eigenvalue weighted by atomic mass is 9.80. The molecule has 1 aliphatic carbocycles. The SMILES string of the molecule is CN1C[C@@H](CO)C=C2c3cccc4[nH]cc(c34)CC21. The Morgan fingerprint density at radius 1 is 1.42 bits per heavy atom. The van der Waals surface area contributed by atoms with Crippen LogP contribution in [-0.2, 0) is 6.42 Å². The van der Waals surface area contributed by atoms with Gasteiger partial charge in [0.05, 0.1) is 6.61 Å². The zero-order chi connectivity index (χ0) is 13.0. The van der Waals surface area contributed by atoms with Gasteiger partial charge in [0, 0.05) is 35.6 Å². The molecule has 3 nitrogen and oxygen atoms in total. The number of likely N-dealkylation sites (N-methyl/N-ethyl adjacent to an activating group) is 1. The van der Waals surface area contributed by atoms with Gasteiger partial charge in [0.25, 0.3) is 0 Å². The molecule has 2 aliphatic rings. The predicted octanol–water partition coefficient (Wildman–Crippen LogP) is 2.03. The normalized spacial score (nSPS) is 26.3. The molecule has 2 atom stereocenters. The largest absolute Gasteiger partial charge is 0.396 e. The first kappa shape index (κ1) is 11.3. The summed E-state index contributed by atoms with van der Waals surface area (Å²) in [5.74, 6) is 0.256. The fraction of sp³-hybridized carbons (Fsp3) is 0.375. The van der Waals surface area contributed by atoms with Gasteiger partial charge in [0.2, 0.25) is 0 Å². The Hall–Kier alpha value is -1.58. The second-order valence-electron chi connectivity index (χ2n) is 5.77. The first-order chi connectivity index (χ1) is 9.28. The van der Waals surface area contributed by atoms with Gasteiger partial charge in [-0.1, -0.05) is 18.2 Å². The molecule has 2 aromatic rings. The first-order valence-corrected chi connectivity index (χ1v) is 6.90. The lowest BCUT2D eigenvalue weighted by Gasteiger charge is -2.39. The Morgan fingerprint density at radius 2 is 2.32 bits per heavy atom. The Labute approximate surface area is 112 Å². The standard InChI is InChI=1S/C16H18N2O/c1-18-8-10(9-19)5-13-12-3-2-4-14-16(12)11(7-17-14)6-15(13)18/h2-5,7,10,15,17,19H,6,8-9H2,1H3/t10-,15?/m0/s1. The Kier molecular flexibility index (Phi) is 2.34. The number of aromatic amines is 1. The van der Waals surface area contributed by atoms with Crippen molar-refractivity contribution in [3.8, 4) is 0 Å². The number of aliphatic hydroxyl groups excluding tert-OH is 1. The lowest BCUT2D eigenvalue weighted by molar-refractivity contribution is 0.181. The summed E-state index contributed by atoms with van der Waals surface area (Å²) in [7, 11) is 2.16. The summed E-state index contributed by atoms with van der Waals surface area (Å²) in [5, 5.41) is 10.8. The summed E-state index contributed by atoms with van der Waals surface area (Å²) in [4.78, 5) is 5.75. The van der Waals surface area contributed by atoms with Crippen LogP contribution in [0.3, 0.4) is 0 Å². The van der Waals surface area contributed by atoms with E-state index in [2.05, 4.69) is 47.4 Å². The molecule has 0 saturated heterocycles. The van der Waals surface area contributed by atoms with Crippen LogP contribution < -0.4 is 0 Å². The van der Waals surface area contributed by atoms with Gasteiger partial charge in [-0.05, 0) is 36.2 Å². The van der Waals surface area contributed by atoms with E-state index in [1.54, 1.807) is 0 Å². The van der Waals surface area contributed by atoms with Crippen molar-refractivity contribution in [2.75, 3.05) is 20.2 Å². The summed E-state index contributed by atoms with van der Waals surface area (Å²) < 4.78 is 0. The molecule has 0 bridgehead atoms. The molecule has 0 spiro atoms. The van der Waals surface area contributed by atoms with Crippen LogP contribution in [0.5, 0.6) is 0 Å². The van der Waals surface area contributed by atoms with Gasteiger partial charge in [-0.3, -0.25) is 4.90 Å². The third-order valence-corrected chi connectivity index (χ3v) is 4.58. The van der Waals surface area contributed by atoms with Crippen molar-refractivity contribution in [1.29, 1.82) is 0 Å². The maximum atomic E-state index is 9.47. The van der Waals surface area contributed by atoms with E-state index >= 15 is 0 Å². The molecule has 19 heavy (non-hydrogen) atoms. The molecule has 4 rings (SSSR count). The minimum atomic E-state index is 0.233. The molecule has 1 aliphatic heterocycles. The third-order valence-electron chi connectivity index (χ3n) is 4.58. The van der Waals surface area contributed by atoms with Crippen LogP contribution in [0.25, 0.3) is 16.5 Å². The number of aromatic nitrogens is 1. The molecule has 1 unspecified atom stereocenters. The van der Waals surface area contributed by atoms with Crippen LogP contribution in [0.1, 0.15) is 11.1 Å². The molecule has 2 N–H and O–H groups in total. The maximum absolute atomic E-state index is 9.47. The number of fused-ring (bicyclic) bond motifs is 2. The number of rotatable bonds is 1. The van der Waals surface area contributed by atoms with E-state index in [9.17, 15) is 5.11 Å². The van der Waals surface area contributed by atoms with Gasteiger partial charge in [-0.25, -0.2) is 0 Å². The van der Waals surface area contributed by atoms with Gasteiger partial charge in [0.15, 0.2) is 0 Å². The van der Waals surface area contributed by atoms with Gasteiger partial charge in [-0.2, -0.15) is 0 Å². The summed E-state index contributed by atoms with van der Waals surface area (Å²) in [6, 6.07) is 6.92. The molecule has 3 heteroatoms. The molecule has 2 heterocycles. The number of hydrogen-bond acceptors (Lipinski definition) is 2. The number of aliphatic hydroxyl groups is 1. The van der Waals surface area contributed by atoms with Gasteiger partial charge in [-0.15, -0.1) is 0 Å². The molecule has 98 valence electrons. The highest BCUT2D eigenvalue weighted by atomic mass is 16.3. The van der Waals surface area contributed by atoms with E-state index < -0.39 is 0 Å². The summed E-state index contributed by atoms with van der Waals surface area (Å²) >= 11 is 0. The number of nitrogens with one attached hydrogen (secondary N) is 1. The number of hydrogen-bond donors (Lipinski definition) is 2. The van der Waals surface area contributed by atoms with Gasteiger partial charge in [0.1, 0.15) is 0 Å². The molecule has 0 fully saturated rings. The second kappa shape index (κ2) is 3.95. The average molecular weight is 254 g/mol. The van der Waals surface area contributed by atoms with E-state index in [1.165, 1.54) is 27.6 Å².